The van der Waals surface area contributed by atoms with E-state index in [0.717, 1.165) is 10.8 Å². The minimum absolute atomic E-state index is 0.112. The van der Waals surface area contributed by atoms with Gasteiger partial charge in [0.05, 0.1) is 0 Å². The molecule has 1 amide bonds. The van der Waals surface area contributed by atoms with E-state index in [-0.39, 0.29) is 5.82 Å². The van der Waals surface area contributed by atoms with Crippen LogP contribution >= 0.6 is 0 Å². The number of rotatable bonds is 3. The second-order valence-electron chi connectivity index (χ2n) is 3.99. The Hall–Kier alpha value is -2.21. The Morgan fingerprint density at radius 2 is 2.10 bits per heavy atom. The summed E-state index contributed by atoms with van der Waals surface area (Å²) < 4.78 is 5.94. The number of carboxylic acid groups (broad SMARTS) is 1. The number of aliphatic hydroxyl groups is 2. The topological polar surface area (TPSA) is 166 Å². The summed E-state index contributed by atoms with van der Waals surface area (Å²) in [5.41, 5.74) is 0.809. The summed E-state index contributed by atoms with van der Waals surface area (Å²) >= 11 is 0. The van der Waals surface area contributed by atoms with Gasteiger partial charge in [-0.15, -0.1) is 0 Å². The van der Waals surface area contributed by atoms with Crippen LogP contribution in [-0.4, -0.2) is 54.6 Å². The first-order valence-corrected chi connectivity index (χ1v) is 5.44. The molecule has 1 aromatic rings. The molecule has 2 heterocycles. The number of aromatic nitrogens is 2. The van der Waals surface area contributed by atoms with Gasteiger partial charge < -0.3 is 20.1 Å². The number of nitrogens with zero attached hydrogens (tertiary/aromatic N) is 2. The molecule has 0 spiro atoms. The molecule has 1 aliphatic rings. The molecule has 2 rings (SSSR count). The number of ether oxygens (including phenoxy) is 1. The highest BCUT2D eigenvalue weighted by molar-refractivity contribution is 5.64. The highest BCUT2D eigenvalue weighted by Gasteiger charge is 2.45. The van der Waals surface area contributed by atoms with E-state index in [2.05, 4.69) is 4.98 Å². The molecule has 11 nitrogen and oxygen atoms in total. The molecule has 1 fully saturated rings. The Labute approximate surface area is 111 Å². The number of amides is 1. The summed E-state index contributed by atoms with van der Waals surface area (Å²) in [6.07, 6.45) is -6.05. The monoisotopic (exact) mass is 288 g/mol. The van der Waals surface area contributed by atoms with Crippen LogP contribution in [0.5, 0.6) is 0 Å². The number of anilines is 1. The van der Waals surface area contributed by atoms with Crippen LogP contribution in [0.1, 0.15) is 6.23 Å². The van der Waals surface area contributed by atoms with Gasteiger partial charge in [0.1, 0.15) is 12.2 Å². The van der Waals surface area contributed by atoms with Gasteiger partial charge in [0, 0.05) is 6.20 Å². The summed E-state index contributed by atoms with van der Waals surface area (Å²) in [7, 11) is 0. The van der Waals surface area contributed by atoms with Crippen molar-refractivity contribution in [3.8, 4) is 0 Å². The number of hydrogen-bond acceptors (Lipinski definition) is 8. The van der Waals surface area contributed by atoms with Gasteiger partial charge in [-0.25, -0.2) is 9.59 Å². The van der Waals surface area contributed by atoms with E-state index in [1.165, 1.54) is 6.07 Å². The average Bonchev–Trinajstić information content (AvgIpc) is 2.66. The zero-order valence-electron chi connectivity index (χ0n) is 9.87. The van der Waals surface area contributed by atoms with E-state index in [9.17, 15) is 19.8 Å². The molecule has 11 heteroatoms. The van der Waals surface area contributed by atoms with Crippen molar-refractivity contribution in [1.29, 1.82) is 0 Å². The molecular weight excluding hydrogens is 276 g/mol. The number of carbonyl (C=O) groups is 1. The van der Waals surface area contributed by atoms with E-state index in [4.69, 9.17) is 15.1 Å². The van der Waals surface area contributed by atoms with Gasteiger partial charge >= 0.3 is 11.8 Å². The number of aliphatic hydroxyl groups excluding tert-OH is 2. The van der Waals surface area contributed by atoms with Crippen LogP contribution in [0.3, 0.4) is 0 Å². The Morgan fingerprint density at radius 3 is 2.65 bits per heavy atom. The first-order chi connectivity index (χ1) is 9.43. The largest absolute Gasteiger partial charge is 0.465 e. The SMILES string of the molecule is O=C(O)N[C@@H]1O[C@@H](n2ccc(NO)nc2=O)[C@H](O)[C@@H]1O. The molecule has 1 aliphatic heterocycles. The summed E-state index contributed by atoms with van der Waals surface area (Å²) in [4.78, 5) is 25.6. The van der Waals surface area contributed by atoms with Crippen molar-refractivity contribution in [2.75, 3.05) is 5.48 Å². The molecule has 0 bridgehead atoms. The number of hydrogen-bond donors (Lipinski definition) is 6. The van der Waals surface area contributed by atoms with E-state index >= 15 is 0 Å². The predicted molar refractivity (Wildman–Crippen MR) is 61.0 cm³/mol. The van der Waals surface area contributed by atoms with Gasteiger partial charge in [0.25, 0.3) is 0 Å². The smallest absolute Gasteiger partial charge is 0.406 e. The standard InChI is InChI=1S/C9H12N4O7/c14-4-5(15)7(20-6(4)11-9(17)18)13-2-1-3(12-19)10-8(13)16/h1-2,4-7,11,14-15,19H,(H,17,18)(H,10,12,16)/t4-,5+,6+,7+/m0/s1. The summed E-state index contributed by atoms with van der Waals surface area (Å²) in [5.74, 6) is -0.112. The van der Waals surface area contributed by atoms with Crippen molar-refractivity contribution in [3.63, 3.8) is 0 Å². The highest BCUT2D eigenvalue weighted by Crippen LogP contribution is 2.27. The van der Waals surface area contributed by atoms with E-state index in [1.807, 2.05) is 5.32 Å². The molecule has 0 radical (unpaired) electrons. The van der Waals surface area contributed by atoms with Gasteiger partial charge in [-0.1, -0.05) is 0 Å². The fraction of sp³-hybridized carbons (Fsp3) is 0.444. The van der Waals surface area contributed by atoms with Crippen LogP contribution in [0.2, 0.25) is 0 Å². The lowest BCUT2D eigenvalue weighted by Crippen LogP contribution is -2.43. The average molecular weight is 288 g/mol. The minimum Gasteiger partial charge on any atom is -0.465 e. The fourth-order valence-electron chi connectivity index (χ4n) is 1.80. The van der Waals surface area contributed by atoms with Crippen LogP contribution in [-0.2, 0) is 4.74 Å². The lowest BCUT2D eigenvalue weighted by molar-refractivity contribution is -0.0474. The van der Waals surface area contributed by atoms with Crippen LogP contribution < -0.4 is 16.5 Å². The van der Waals surface area contributed by atoms with Gasteiger partial charge in [-0.05, 0) is 6.07 Å². The lowest BCUT2D eigenvalue weighted by atomic mass is 10.2. The molecule has 20 heavy (non-hydrogen) atoms. The third kappa shape index (κ3) is 2.55. The predicted octanol–water partition coefficient (Wildman–Crippen LogP) is -2.11. The zero-order valence-corrected chi connectivity index (χ0v) is 9.87. The molecule has 110 valence electrons. The first-order valence-electron chi connectivity index (χ1n) is 5.44. The molecule has 1 saturated heterocycles. The Balaban J connectivity index is 2.25. The Morgan fingerprint density at radius 1 is 1.40 bits per heavy atom. The lowest BCUT2D eigenvalue weighted by Gasteiger charge is -2.16. The molecule has 1 aromatic heterocycles. The van der Waals surface area contributed by atoms with Crippen molar-refractivity contribution in [3.05, 3.63) is 22.7 Å². The number of nitrogens with one attached hydrogen (secondary N) is 2. The van der Waals surface area contributed by atoms with Crippen LogP contribution in [0, 0.1) is 0 Å². The first kappa shape index (κ1) is 14.2. The quantitative estimate of drug-likeness (QED) is 0.341. The third-order valence-corrected chi connectivity index (χ3v) is 2.72. The molecule has 6 N–H and O–H groups in total. The maximum absolute atomic E-state index is 11.7. The second kappa shape index (κ2) is 5.42. The van der Waals surface area contributed by atoms with Gasteiger partial charge in [-0.2, -0.15) is 4.98 Å². The normalized spacial score (nSPS) is 29.1. The molecular formula is C9H12N4O7. The summed E-state index contributed by atoms with van der Waals surface area (Å²) in [6.45, 7) is 0. The second-order valence-corrected chi connectivity index (χ2v) is 3.99. The van der Waals surface area contributed by atoms with E-state index < -0.39 is 36.4 Å². The van der Waals surface area contributed by atoms with Crippen molar-refractivity contribution < 1.29 is 30.1 Å². The Kier molecular flexibility index (Phi) is 3.85. The maximum atomic E-state index is 11.7. The van der Waals surface area contributed by atoms with Crippen molar-refractivity contribution in [2.24, 2.45) is 0 Å². The summed E-state index contributed by atoms with van der Waals surface area (Å²) in [5, 5.41) is 38.4. The molecule has 0 aliphatic carbocycles. The van der Waals surface area contributed by atoms with Crippen molar-refractivity contribution >= 4 is 11.9 Å². The zero-order chi connectivity index (χ0) is 14.9. The fourth-order valence-corrected chi connectivity index (χ4v) is 1.80. The van der Waals surface area contributed by atoms with Crippen molar-refractivity contribution in [2.45, 2.75) is 24.7 Å². The summed E-state index contributed by atoms with van der Waals surface area (Å²) in [6, 6.07) is 1.22. The van der Waals surface area contributed by atoms with Crippen LogP contribution in [0.25, 0.3) is 0 Å². The maximum Gasteiger partial charge on any atom is 0.406 e. The van der Waals surface area contributed by atoms with Gasteiger partial charge in [-0.3, -0.25) is 20.6 Å². The third-order valence-electron chi connectivity index (χ3n) is 2.72. The molecule has 0 saturated carbocycles. The van der Waals surface area contributed by atoms with Crippen LogP contribution in [0.4, 0.5) is 10.6 Å². The van der Waals surface area contributed by atoms with Crippen molar-refractivity contribution in [1.82, 2.24) is 14.9 Å². The highest BCUT2D eigenvalue weighted by atomic mass is 16.6. The molecule has 4 atom stereocenters. The Bertz CT molecular complexity index is 561. The van der Waals surface area contributed by atoms with Gasteiger partial charge in [0.15, 0.2) is 18.3 Å². The molecule has 0 unspecified atom stereocenters. The minimum atomic E-state index is -1.54. The van der Waals surface area contributed by atoms with E-state index in [0.29, 0.717) is 0 Å². The van der Waals surface area contributed by atoms with Crippen LogP contribution in [0.15, 0.2) is 17.1 Å². The van der Waals surface area contributed by atoms with Gasteiger partial charge in [0.2, 0.25) is 0 Å². The molecule has 0 aromatic carbocycles. The van der Waals surface area contributed by atoms with E-state index in [1.54, 1.807) is 5.48 Å².